The fourth-order valence-electron chi connectivity index (χ4n) is 1.99. The van der Waals surface area contributed by atoms with Gasteiger partial charge in [-0.2, -0.15) is 5.26 Å². The lowest BCUT2D eigenvalue weighted by atomic mass is 10.1. The molecule has 7 heteroatoms. The molecule has 0 radical (unpaired) electrons. The van der Waals surface area contributed by atoms with Gasteiger partial charge in [0.1, 0.15) is 6.07 Å². The Bertz CT molecular complexity index is 687. The van der Waals surface area contributed by atoms with Gasteiger partial charge in [-0.05, 0) is 12.5 Å². The van der Waals surface area contributed by atoms with E-state index >= 15 is 0 Å². The van der Waals surface area contributed by atoms with Crippen molar-refractivity contribution >= 4 is 11.4 Å². The number of rotatable bonds is 6. The van der Waals surface area contributed by atoms with E-state index in [1.807, 2.05) is 13.0 Å². The Morgan fingerprint density at radius 3 is 3.00 bits per heavy atom. The van der Waals surface area contributed by atoms with E-state index in [0.29, 0.717) is 6.54 Å². The van der Waals surface area contributed by atoms with E-state index in [0.717, 1.165) is 24.2 Å². The van der Waals surface area contributed by atoms with Gasteiger partial charge in [0.05, 0.1) is 11.5 Å². The standard InChI is InChI=1S/C14H15N5O2/c1-2-5-16-13-4-3-12(19(20)21)8-11(13)10-18-7-6-17-14(18)9-15/h3-4,6-8,16H,2,5,10H2,1H3. The molecule has 0 atom stereocenters. The van der Waals surface area contributed by atoms with Gasteiger partial charge in [0.2, 0.25) is 5.82 Å². The van der Waals surface area contributed by atoms with Gasteiger partial charge in [0.25, 0.3) is 5.69 Å². The lowest BCUT2D eigenvalue weighted by molar-refractivity contribution is -0.384. The van der Waals surface area contributed by atoms with E-state index in [1.165, 1.54) is 18.3 Å². The Labute approximate surface area is 122 Å². The minimum Gasteiger partial charge on any atom is -0.385 e. The molecule has 108 valence electrons. The minimum absolute atomic E-state index is 0.0330. The van der Waals surface area contributed by atoms with E-state index in [-0.39, 0.29) is 11.5 Å². The highest BCUT2D eigenvalue weighted by molar-refractivity contribution is 5.56. The summed E-state index contributed by atoms with van der Waals surface area (Å²) in [5.41, 5.74) is 1.62. The molecule has 0 saturated heterocycles. The highest BCUT2D eigenvalue weighted by atomic mass is 16.6. The van der Waals surface area contributed by atoms with Crippen LogP contribution in [0.3, 0.4) is 0 Å². The van der Waals surface area contributed by atoms with E-state index in [1.54, 1.807) is 16.8 Å². The summed E-state index contributed by atoms with van der Waals surface area (Å²) in [5, 5.41) is 23.1. The van der Waals surface area contributed by atoms with Gasteiger partial charge >= 0.3 is 0 Å². The second-order valence-corrected chi connectivity index (χ2v) is 4.52. The number of nitrogens with one attached hydrogen (secondary N) is 1. The van der Waals surface area contributed by atoms with Crippen LogP contribution in [-0.2, 0) is 6.54 Å². The molecule has 0 amide bonds. The summed E-state index contributed by atoms with van der Waals surface area (Å²) in [5.74, 6) is 0.281. The van der Waals surface area contributed by atoms with Gasteiger partial charge in [0.15, 0.2) is 0 Å². The zero-order valence-corrected chi connectivity index (χ0v) is 11.6. The van der Waals surface area contributed by atoms with Gasteiger partial charge in [-0.1, -0.05) is 6.92 Å². The molecule has 1 aromatic carbocycles. The molecule has 0 bridgehead atoms. The van der Waals surface area contributed by atoms with Crippen molar-refractivity contribution in [2.24, 2.45) is 0 Å². The second-order valence-electron chi connectivity index (χ2n) is 4.52. The number of imidazole rings is 1. The highest BCUT2D eigenvalue weighted by Crippen LogP contribution is 2.23. The first-order chi connectivity index (χ1) is 10.2. The number of anilines is 1. The van der Waals surface area contributed by atoms with Gasteiger partial charge < -0.3 is 9.88 Å². The first-order valence-corrected chi connectivity index (χ1v) is 6.58. The average Bonchev–Trinajstić information content (AvgIpc) is 2.93. The van der Waals surface area contributed by atoms with Crippen LogP contribution in [0.1, 0.15) is 24.7 Å². The van der Waals surface area contributed by atoms with Crippen LogP contribution in [0, 0.1) is 21.4 Å². The Kier molecular flexibility index (Phi) is 4.51. The number of hydrogen-bond donors (Lipinski definition) is 1. The van der Waals surface area contributed by atoms with Crippen molar-refractivity contribution in [2.45, 2.75) is 19.9 Å². The average molecular weight is 285 g/mol. The Morgan fingerprint density at radius 1 is 1.52 bits per heavy atom. The molecule has 0 unspecified atom stereocenters. The summed E-state index contributed by atoms with van der Waals surface area (Å²) in [6.07, 6.45) is 4.17. The lowest BCUT2D eigenvalue weighted by Gasteiger charge is -2.12. The Hall–Kier alpha value is -2.88. The van der Waals surface area contributed by atoms with Crippen molar-refractivity contribution in [3.05, 3.63) is 52.1 Å². The molecule has 1 N–H and O–H groups in total. The highest BCUT2D eigenvalue weighted by Gasteiger charge is 2.12. The van der Waals surface area contributed by atoms with E-state index < -0.39 is 4.92 Å². The number of aromatic nitrogens is 2. The lowest BCUT2D eigenvalue weighted by Crippen LogP contribution is -2.08. The minimum atomic E-state index is -0.424. The van der Waals surface area contributed by atoms with Crippen LogP contribution in [0.25, 0.3) is 0 Å². The topological polar surface area (TPSA) is 96.8 Å². The van der Waals surface area contributed by atoms with Crippen LogP contribution in [0.5, 0.6) is 0 Å². The van der Waals surface area contributed by atoms with Crippen LogP contribution in [0.2, 0.25) is 0 Å². The summed E-state index contributed by atoms with van der Waals surface area (Å²) < 4.78 is 1.66. The predicted molar refractivity (Wildman–Crippen MR) is 77.9 cm³/mol. The molecule has 0 aliphatic carbocycles. The van der Waals surface area contributed by atoms with Crippen LogP contribution in [0.4, 0.5) is 11.4 Å². The summed E-state index contributed by atoms with van der Waals surface area (Å²) in [6, 6.07) is 6.69. The third-order valence-electron chi connectivity index (χ3n) is 3.02. The van der Waals surface area contributed by atoms with E-state index in [2.05, 4.69) is 10.3 Å². The molecular weight excluding hydrogens is 270 g/mol. The fourth-order valence-corrected chi connectivity index (χ4v) is 1.99. The number of nitro groups is 1. The van der Waals surface area contributed by atoms with Crippen molar-refractivity contribution in [2.75, 3.05) is 11.9 Å². The zero-order valence-electron chi connectivity index (χ0n) is 11.6. The molecule has 0 aliphatic heterocycles. The molecule has 7 nitrogen and oxygen atoms in total. The molecule has 2 aromatic rings. The molecule has 1 aromatic heterocycles. The maximum Gasteiger partial charge on any atom is 0.269 e. The Balaban J connectivity index is 2.36. The molecule has 0 saturated carbocycles. The molecule has 2 rings (SSSR count). The molecule has 0 fully saturated rings. The van der Waals surface area contributed by atoms with Gasteiger partial charge in [-0.3, -0.25) is 10.1 Å². The van der Waals surface area contributed by atoms with Crippen molar-refractivity contribution in [1.82, 2.24) is 9.55 Å². The van der Waals surface area contributed by atoms with Gasteiger partial charge in [-0.25, -0.2) is 4.98 Å². The monoisotopic (exact) mass is 285 g/mol. The number of nitrogens with zero attached hydrogens (tertiary/aromatic N) is 4. The van der Waals surface area contributed by atoms with Gasteiger partial charge in [0, 0.05) is 42.3 Å². The summed E-state index contributed by atoms with van der Waals surface area (Å²) in [4.78, 5) is 14.4. The normalized spacial score (nSPS) is 10.1. The number of non-ortho nitro benzene ring substituents is 1. The first-order valence-electron chi connectivity index (χ1n) is 6.58. The fraction of sp³-hybridized carbons (Fsp3) is 0.286. The van der Waals surface area contributed by atoms with E-state index in [4.69, 9.17) is 5.26 Å². The van der Waals surface area contributed by atoms with Crippen molar-refractivity contribution in [3.8, 4) is 6.07 Å². The van der Waals surface area contributed by atoms with Gasteiger partial charge in [-0.15, -0.1) is 0 Å². The quantitative estimate of drug-likeness (QED) is 0.649. The summed E-state index contributed by atoms with van der Waals surface area (Å²) in [6.45, 7) is 3.18. The predicted octanol–water partition coefficient (Wildman–Crippen LogP) is 2.53. The van der Waals surface area contributed by atoms with Crippen molar-refractivity contribution in [1.29, 1.82) is 5.26 Å². The third kappa shape index (κ3) is 3.36. The SMILES string of the molecule is CCCNc1ccc([N+](=O)[O-])cc1Cn1ccnc1C#N. The maximum atomic E-state index is 10.9. The number of benzene rings is 1. The molecule has 0 spiro atoms. The van der Waals surface area contributed by atoms with Crippen LogP contribution < -0.4 is 5.32 Å². The van der Waals surface area contributed by atoms with Crippen molar-refractivity contribution < 1.29 is 4.92 Å². The number of nitro benzene ring substituents is 1. The zero-order chi connectivity index (χ0) is 15.2. The first kappa shape index (κ1) is 14.5. The van der Waals surface area contributed by atoms with Crippen LogP contribution in [0.15, 0.2) is 30.6 Å². The van der Waals surface area contributed by atoms with Crippen LogP contribution in [-0.4, -0.2) is 21.0 Å². The Morgan fingerprint density at radius 2 is 2.33 bits per heavy atom. The second kappa shape index (κ2) is 6.52. The summed E-state index contributed by atoms with van der Waals surface area (Å²) >= 11 is 0. The number of hydrogen-bond acceptors (Lipinski definition) is 5. The molecule has 21 heavy (non-hydrogen) atoms. The summed E-state index contributed by atoms with van der Waals surface area (Å²) in [7, 11) is 0. The number of nitriles is 1. The van der Waals surface area contributed by atoms with Crippen molar-refractivity contribution in [3.63, 3.8) is 0 Å². The molecule has 0 aliphatic rings. The third-order valence-corrected chi connectivity index (χ3v) is 3.02. The largest absolute Gasteiger partial charge is 0.385 e. The molecular formula is C14H15N5O2. The van der Waals surface area contributed by atoms with Crippen LogP contribution >= 0.6 is 0 Å². The molecule has 1 heterocycles. The maximum absolute atomic E-state index is 10.9. The smallest absolute Gasteiger partial charge is 0.269 e. The van der Waals surface area contributed by atoms with E-state index in [9.17, 15) is 10.1 Å².